The minimum atomic E-state index is -2.64. The van der Waals surface area contributed by atoms with E-state index in [0.29, 0.717) is 11.6 Å². The van der Waals surface area contributed by atoms with Crippen molar-refractivity contribution in [1.29, 1.82) is 0 Å². The van der Waals surface area contributed by atoms with Crippen LogP contribution in [0.15, 0.2) is 82.2 Å². The van der Waals surface area contributed by atoms with E-state index in [2.05, 4.69) is 56.9 Å². The van der Waals surface area contributed by atoms with Crippen LogP contribution >= 0.6 is 11.3 Å². The second-order valence-corrected chi connectivity index (χ2v) is 11.9. The van der Waals surface area contributed by atoms with Gasteiger partial charge in [0.05, 0.1) is 25.3 Å². The van der Waals surface area contributed by atoms with Crippen molar-refractivity contribution < 1.29 is 4.21 Å². The Morgan fingerprint density at radius 1 is 1.00 bits per heavy atom. The third-order valence-corrected chi connectivity index (χ3v) is 9.04. The first kappa shape index (κ1) is 23.3. The summed E-state index contributed by atoms with van der Waals surface area (Å²) in [5, 5.41) is 1.09. The summed E-state index contributed by atoms with van der Waals surface area (Å²) < 4.78 is 18.7. The summed E-state index contributed by atoms with van der Waals surface area (Å²) in [4.78, 5) is 11.2. The van der Waals surface area contributed by atoms with E-state index in [1.165, 1.54) is 5.56 Å². The first-order valence-electron chi connectivity index (χ1n) is 11.2. The number of hydrogen-bond donors (Lipinski definition) is 0. The highest BCUT2D eigenvalue weighted by Crippen LogP contribution is 2.38. The van der Waals surface area contributed by atoms with Gasteiger partial charge >= 0.3 is 0 Å². The Labute approximate surface area is 201 Å². The molecule has 33 heavy (non-hydrogen) atoms. The molecule has 0 aliphatic heterocycles. The van der Waals surface area contributed by atoms with Crippen LogP contribution in [0.5, 0.6) is 0 Å². The SMILES string of the molecule is CCc1nc(-c2cccc(C)c2)c(-c2ccnc(N=S(=O)(CC(C)C)c3ccccc3)c2)s1. The number of benzene rings is 2. The van der Waals surface area contributed by atoms with Crippen molar-refractivity contribution in [3.8, 4) is 21.7 Å². The first-order chi connectivity index (χ1) is 15.9. The van der Waals surface area contributed by atoms with E-state index in [1.54, 1.807) is 17.5 Å². The van der Waals surface area contributed by atoms with Crippen LogP contribution in [0.25, 0.3) is 21.7 Å². The quantitative estimate of drug-likeness (QED) is 0.277. The average molecular weight is 476 g/mol. The number of pyridine rings is 1. The number of thiazole rings is 1. The Morgan fingerprint density at radius 2 is 1.79 bits per heavy atom. The lowest BCUT2D eigenvalue weighted by Crippen LogP contribution is -2.11. The Balaban J connectivity index is 1.84. The maximum Gasteiger partial charge on any atom is 0.162 e. The second kappa shape index (κ2) is 9.98. The van der Waals surface area contributed by atoms with Crippen LogP contribution in [0.2, 0.25) is 0 Å². The standard InChI is InChI=1S/C27H29N3OS2/c1-5-25-29-26(21-11-9-10-20(4)16-21)27(32-25)22-14-15-28-24(17-22)30-33(31,18-19(2)3)23-12-7-6-8-13-23/h6-17,19H,5,18H2,1-4H3. The maximum atomic E-state index is 14.0. The molecule has 2 aromatic heterocycles. The van der Waals surface area contributed by atoms with Gasteiger partial charge in [-0.05, 0) is 55.2 Å². The Hall–Kier alpha value is -2.83. The molecule has 4 rings (SSSR count). The molecule has 0 amide bonds. The van der Waals surface area contributed by atoms with E-state index >= 15 is 0 Å². The predicted octanol–water partition coefficient (Wildman–Crippen LogP) is 7.56. The summed E-state index contributed by atoms with van der Waals surface area (Å²) in [5.41, 5.74) is 4.27. The van der Waals surface area contributed by atoms with Crippen LogP contribution in [0.1, 0.15) is 31.3 Å². The van der Waals surface area contributed by atoms with E-state index in [4.69, 9.17) is 9.35 Å². The van der Waals surface area contributed by atoms with Crippen molar-refractivity contribution in [1.82, 2.24) is 9.97 Å². The molecular weight excluding hydrogens is 446 g/mol. The van der Waals surface area contributed by atoms with Gasteiger partial charge in [-0.2, -0.15) is 4.36 Å². The minimum absolute atomic E-state index is 0.242. The van der Waals surface area contributed by atoms with E-state index < -0.39 is 9.73 Å². The van der Waals surface area contributed by atoms with Gasteiger partial charge in [0.2, 0.25) is 0 Å². The third-order valence-electron chi connectivity index (χ3n) is 5.18. The molecule has 4 aromatic rings. The lowest BCUT2D eigenvalue weighted by Gasteiger charge is -2.13. The summed E-state index contributed by atoms with van der Waals surface area (Å²) in [6.07, 6.45) is 2.63. The fraction of sp³-hybridized carbons (Fsp3) is 0.259. The molecule has 2 aromatic carbocycles. The number of aromatic nitrogens is 2. The summed E-state index contributed by atoms with van der Waals surface area (Å²) in [5.74, 6) is 1.22. The van der Waals surface area contributed by atoms with Gasteiger partial charge in [0.25, 0.3) is 0 Å². The number of aryl methyl sites for hydroxylation is 2. The monoisotopic (exact) mass is 475 g/mol. The zero-order chi connectivity index (χ0) is 23.4. The first-order valence-corrected chi connectivity index (χ1v) is 13.7. The maximum absolute atomic E-state index is 14.0. The van der Waals surface area contributed by atoms with Crippen molar-refractivity contribution in [2.45, 2.75) is 39.0 Å². The van der Waals surface area contributed by atoms with Gasteiger partial charge in [-0.15, -0.1) is 11.3 Å². The van der Waals surface area contributed by atoms with Crippen LogP contribution in [0.3, 0.4) is 0 Å². The van der Waals surface area contributed by atoms with Gasteiger partial charge in [-0.1, -0.05) is 62.7 Å². The van der Waals surface area contributed by atoms with Crippen molar-refractivity contribution >= 4 is 26.9 Å². The normalized spacial score (nSPS) is 13.1. The Morgan fingerprint density at radius 3 is 2.48 bits per heavy atom. The van der Waals surface area contributed by atoms with E-state index in [0.717, 1.165) is 38.0 Å². The zero-order valence-electron chi connectivity index (χ0n) is 19.5. The van der Waals surface area contributed by atoms with Crippen molar-refractivity contribution in [2.75, 3.05) is 5.75 Å². The van der Waals surface area contributed by atoms with Crippen molar-refractivity contribution in [3.05, 3.63) is 83.5 Å². The summed E-state index contributed by atoms with van der Waals surface area (Å²) in [6, 6.07) is 21.9. The molecular formula is C27H29N3OS2. The topological polar surface area (TPSA) is 55.2 Å². The van der Waals surface area contributed by atoms with Crippen molar-refractivity contribution in [2.24, 2.45) is 10.3 Å². The Bertz CT molecular complexity index is 1370. The summed E-state index contributed by atoms with van der Waals surface area (Å²) in [7, 11) is -2.64. The molecule has 0 radical (unpaired) electrons. The molecule has 0 aliphatic carbocycles. The van der Waals surface area contributed by atoms with Gasteiger partial charge in [0, 0.05) is 22.4 Å². The molecule has 0 saturated heterocycles. The fourth-order valence-electron chi connectivity index (χ4n) is 3.73. The van der Waals surface area contributed by atoms with Gasteiger partial charge in [0.1, 0.15) is 0 Å². The highest BCUT2D eigenvalue weighted by molar-refractivity contribution is 7.93. The fourth-order valence-corrected chi connectivity index (χ4v) is 7.01. The molecule has 0 N–H and O–H groups in total. The van der Waals surface area contributed by atoms with E-state index in [1.807, 2.05) is 42.5 Å². The molecule has 6 heteroatoms. The lowest BCUT2D eigenvalue weighted by molar-refractivity contribution is 0.657. The van der Waals surface area contributed by atoms with Crippen LogP contribution < -0.4 is 0 Å². The number of rotatable bonds is 7. The molecule has 0 spiro atoms. The highest BCUT2D eigenvalue weighted by atomic mass is 32.2. The molecule has 4 nitrogen and oxygen atoms in total. The highest BCUT2D eigenvalue weighted by Gasteiger charge is 2.18. The second-order valence-electron chi connectivity index (χ2n) is 8.52. The van der Waals surface area contributed by atoms with E-state index in [9.17, 15) is 4.21 Å². The molecule has 170 valence electrons. The van der Waals surface area contributed by atoms with Crippen LogP contribution in [0, 0.1) is 12.8 Å². The largest absolute Gasteiger partial charge is 0.244 e. The molecule has 0 saturated carbocycles. The number of hydrogen-bond acceptors (Lipinski definition) is 5. The molecule has 0 aliphatic rings. The summed E-state index contributed by atoms with van der Waals surface area (Å²) >= 11 is 1.70. The van der Waals surface area contributed by atoms with Gasteiger partial charge in [-0.3, -0.25) is 0 Å². The van der Waals surface area contributed by atoms with Gasteiger partial charge in [0.15, 0.2) is 5.82 Å². The van der Waals surface area contributed by atoms with Crippen LogP contribution in [0.4, 0.5) is 5.82 Å². The smallest absolute Gasteiger partial charge is 0.162 e. The molecule has 0 bridgehead atoms. The van der Waals surface area contributed by atoms with Crippen LogP contribution in [-0.4, -0.2) is 19.9 Å². The average Bonchev–Trinajstić information content (AvgIpc) is 3.24. The Kier molecular flexibility index (Phi) is 7.05. The third kappa shape index (κ3) is 5.40. The van der Waals surface area contributed by atoms with Crippen molar-refractivity contribution in [3.63, 3.8) is 0 Å². The van der Waals surface area contributed by atoms with Crippen LogP contribution in [-0.2, 0) is 16.1 Å². The summed E-state index contributed by atoms with van der Waals surface area (Å²) in [6.45, 7) is 8.35. The zero-order valence-corrected chi connectivity index (χ0v) is 21.1. The molecule has 0 fully saturated rings. The number of nitrogens with zero attached hydrogens (tertiary/aromatic N) is 3. The molecule has 1 atom stereocenters. The van der Waals surface area contributed by atoms with E-state index in [-0.39, 0.29) is 5.92 Å². The lowest BCUT2D eigenvalue weighted by atomic mass is 10.1. The minimum Gasteiger partial charge on any atom is -0.244 e. The van der Waals surface area contributed by atoms with Gasteiger partial charge in [-0.25, -0.2) is 14.2 Å². The van der Waals surface area contributed by atoms with Gasteiger partial charge < -0.3 is 0 Å². The molecule has 1 unspecified atom stereocenters. The predicted molar refractivity (Wildman–Crippen MR) is 140 cm³/mol. The molecule has 2 heterocycles.